The first-order chi connectivity index (χ1) is 12.6. The first-order valence-electron chi connectivity index (χ1n) is 8.06. The number of carbonyl (C=O) groups is 1. The molecule has 142 valence electrons. The number of rotatable bonds is 4. The van der Waals surface area contributed by atoms with E-state index in [2.05, 4.69) is 4.74 Å². The molecule has 0 unspecified atom stereocenters. The van der Waals surface area contributed by atoms with Gasteiger partial charge in [0.25, 0.3) is 0 Å². The van der Waals surface area contributed by atoms with Gasteiger partial charge in [-0.3, -0.25) is 0 Å². The highest BCUT2D eigenvalue weighted by atomic mass is 19.4. The van der Waals surface area contributed by atoms with Crippen LogP contribution in [0.1, 0.15) is 22.8 Å². The number of carboxylic acid groups (broad SMARTS) is 1. The van der Waals surface area contributed by atoms with Gasteiger partial charge in [-0.05, 0) is 47.9 Å². The summed E-state index contributed by atoms with van der Waals surface area (Å²) in [6.45, 7) is 1.90. The molecular formula is C19H16F3NO4. The third-order valence-electron chi connectivity index (χ3n) is 4.37. The summed E-state index contributed by atoms with van der Waals surface area (Å²) >= 11 is 0. The molecule has 0 spiro atoms. The van der Waals surface area contributed by atoms with E-state index >= 15 is 0 Å². The zero-order valence-corrected chi connectivity index (χ0v) is 14.5. The number of phenols is 1. The molecule has 0 bridgehead atoms. The maximum absolute atomic E-state index is 12.3. The number of alkyl halides is 3. The zero-order chi connectivity index (χ0) is 19.9. The van der Waals surface area contributed by atoms with Crippen LogP contribution < -0.4 is 4.74 Å². The Labute approximate surface area is 152 Å². The third-order valence-corrected chi connectivity index (χ3v) is 4.37. The quantitative estimate of drug-likeness (QED) is 0.689. The van der Waals surface area contributed by atoms with E-state index in [4.69, 9.17) is 0 Å². The Morgan fingerprint density at radius 3 is 2.33 bits per heavy atom. The Balaban J connectivity index is 2.17. The van der Waals surface area contributed by atoms with Crippen molar-refractivity contribution in [3.63, 3.8) is 0 Å². The van der Waals surface area contributed by atoms with Crippen molar-refractivity contribution in [3.05, 3.63) is 47.5 Å². The van der Waals surface area contributed by atoms with Crippen molar-refractivity contribution in [1.29, 1.82) is 0 Å². The molecule has 0 amide bonds. The average Bonchev–Trinajstić information content (AvgIpc) is 2.85. The molecule has 1 heterocycles. The van der Waals surface area contributed by atoms with Crippen molar-refractivity contribution in [1.82, 2.24) is 4.57 Å². The lowest BCUT2D eigenvalue weighted by atomic mass is 10.0. The second kappa shape index (κ2) is 6.53. The van der Waals surface area contributed by atoms with Crippen molar-refractivity contribution < 1.29 is 32.9 Å². The second-order valence-electron chi connectivity index (χ2n) is 6.00. The van der Waals surface area contributed by atoms with E-state index in [1.54, 1.807) is 11.6 Å². The molecule has 0 atom stereocenters. The standard InChI is InChI=1S/C19H16F3NO4/c1-3-12-13-8-14(18(25)26)16(24)9-15(13)23(2)17(12)10-4-6-11(7-5-10)27-19(20,21)22/h4-9,24H,3H2,1-2H3,(H,25,26). The van der Waals surface area contributed by atoms with Gasteiger partial charge in [-0.1, -0.05) is 6.92 Å². The number of nitrogens with zero attached hydrogens (tertiary/aromatic N) is 1. The van der Waals surface area contributed by atoms with Crippen molar-refractivity contribution in [2.75, 3.05) is 0 Å². The van der Waals surface area contributed by atoms with Gasteiger partial charge in [0.05, 0.1) is 11.2 Å². The lowest BCUT2D eigenvalue weighted by Crippen LogP contribution is -2.16. The highest BCUT2D eigenvalue weighted by Crippen LogP contribution is 2.37. The number of ether oxygens (including phenoxy) is 1. The van der Waals surface area contributed by atoms with E-state index in [9.17, 15) is 28.2 Å². The van der Waals surface area contributed by atoms with Gasteiger partial charge in [-0.25, -0.2) is 4.79 Å². The average molecular weight is 379 g/mol. The van der Waals surface area contributed by atoms with Gasteiger partial charge in [0.1, 0.15) is 17.1 Å². The molecule has 0 saturated heterocycles. The Bertz CT molecular complexity index is 1020. The monoisotopic (exact) mass is 379 g/mol. The maximum atomic E-state index is 12.3. The molecule has 2 N–H and O–H groups in total. The van der Waals surface area contributed by atoms with Crippen LogP contribution in [0.2, 0.25) is 0 Å². The summed E-state index contributed by atoms with van der Waals surface area (Å²) in [5.41, 5.74) is 2.63. The third kappa shape index (κ3) is 3.42. The van der Waals surface area contributed by atoms with Crippen LogP contribution in [-0.2, 0) is 13.5 Å². The first kappa shape index (κ1) is 18.6. The van der Waals surface area contributed by atoms with Gasteiger partial charge >= 0.3 is 12.3 Å². The SMILES string of the molecule is CCc1c(-c2ccc(OC(F)(F)F)cc2)n(C)c2cc(O)c(C(=O)O)cc12. The normalized spacial score (nSPS) is 11.7. The minimum absolute atomic E-state index is 0.205. The molecule has 0 saturated carbocycles. The van der Waals surface area contributed by atoms with E-state index in [1.165, 1.54) is 36.4 Å². The summed E-state index contributed by atoms with van der Waals surface area (Å²) in [4.78, 5) is 11.3. The topological polar surface area (TPSA) is 71.7 Å². The van der Waals surface area contributed by atoms with Crippen LogP contribution >= 0.6 is 0 Å². The number of aromatic nitrogens is 1. The summed E-state index contributed by atoms with van der Waals surface area (Å²) in [7, 11) is 1.75. The molecule has 8 heteroatoms. The fraction of sp³-hybridized carbons (Fsp3) is 0.211. The van der Waals surface area contributed by atoms with Gasteiger partial charge in [-0.2, -0.15) is 0 Å². The number of fused-ring (bicyclic) bond motifs is 1. The smallest absolute Gasteiger partial charge is 0.507 e. The van der Waals surface area contributed by atoms with Gasteiger partial charge in [0.2, 0.25) is 0 Å². The molecule has 3 aromatic rings. The minimum Gasteiger partial charge on any atom is -0.507 e. The van der Waals surface area contributed by atoms with Crippen LogP contribution in [0.3, 0.4) is 0 Å². The molecule has 27 heavy (non-hydrogen) atoms. The van der Waals surface area contributed by atoms with Crippen molar-refractivity contribution in [2.45, 2.75) is 19.7 Å². The summed E-state index contributed by atoms with van der Waals surface area (Å²) in [5, 5.41) is 19.9. The van der Waals surface area contributed by atoms with Gasteiger partial charge in [0.15, 0.2) is 0 Å². The number of aromatic hydroxyl groups is 1. The lowest BCUT2D eigenvalue weighted by molar-refractivity contribution is -0.274. The molecule has 3 rings (SSSR count). The molecular weight excluding hydrogens is 363 g/mol. The summed E-state index contributed by atoms with van der Waals surface area (Å²) < 4.78 is 42.7. The number of aryl methyl sites for hydroxylation is 2. The highest BCUT2D eigenvalue weighted by Gasteiger charge is 2.31. The van der Waals surface area contributed by atoms with E-state index < -0.39 is 12.3 Å². The van der Waals surface area contributed by atoms with Gasteiger partial charge in [-0.15, -0.1) is 13.2 Å². The predicted octanol–water partition coefficient (Wildman–Crippen LogP) is 4.71. The number of hydrogen-bond acceptors (Lipinski definition) is 3. The van der Waals surface area contributed by atoms with Crippen LogP contribution in [0.4, 0.5) is 13.2 Å². The van der Waals surface area contributed by atoms with E-state index in [0.717, 1.165) is 11.3 Å². The van der Waals surface area contributed by atoms with E-state index in [-0.39, 0.29) is 17.1 Å². The Morgan fingerprint density at radius 1 is 1.19 bits per heavy atom. The fourth-order valence-corrected chi connectivity index (χ4v) is 3.26. The van der Waals surface area contributed by atoms with Crippen LogP contribution in [0, 0.1) is 0 Å². The Hall–Kier alpha value is -3.16. The first-order valence-corrected chi connectivity index (χ1v) is 8.06. The molecule has 0 aliphatic carbocycles. The molecule has 5 nitrogen and oxygen atoms in total. The number of benzene rings is 2. The maximum Gasteiger partial charge on any atom is 0.573 e. The molecule has 0 aliphatic rings. The number of carboxylic acids is 1. The summed E-state index contributed by atoms with van der Waals surface area (Å²) in [5.74, 6) is -1.91. The number of hydrogen-bond donors (Lipinski definition) is 2. The molecule has 0 aliphatic heterocycles. The summed E-state index contributed by atoms with van der Waals surface area (Å²) in [6, 6.07) is 8.25. The Morgan fingerprint density at radius 2 is 1.81 bits per heavy atom. The van der Waals surface area contributed by atoms with Gasteiger partial charge < -0.3 is 19.5 Å². The second-order valence-corrected chi connectivity index (χ2v) is 6.00. The molecule has 0 radical (unpaired) electrons. The van der Waals surface area contributed by atoms with Crippen molar-refractivity contribution >= 4 is 16.9 Å². The minimum atomic E-state index is -4.76. The van der Waals surface area contributed by atoms with E-state index in [1.807, 2.05) is 6.92 Å². The lowest BCUT2D eigenvalue weighted by Gasteiger charge is -2.11. The van der Waals surface area contributed by atoms with E-state index in [0.29, 0.717) is 22.9 Å². The van der Waals surface area contributed by atoms with Crippen LogP contribution in [-0.4, -0.2) is 27.1 Å². The number of halogens is 3. The van der Waals surface area contributed by atoms with Crippen LogP contribution in [0.25, 0.3) is 22.2 Å². The van der Waals surface area contributed by atoms with Crippen molar-refractivity contribution in [3.8, 4) is 22.8 Å². The largest absolute Gasteiger partial charge is 0.573 e. The molecule has 1 aromatic heterocycles. The van der Waals surface area contributed by atoms with Crippen molar-refractivity contribution in [2.24, 2.45) is 7.05 Å². The van der Waals surface area contributed by atoms with Gasteiger partial charge in [0, 0.05) is 18.5 Å². The Kier molecular flexibility index (Phi) is 4.51. The number of aromatic carboxylic acids is 1. The predicted molar refractivity (Wildman–Crippen MR) is 93.0 cm³/mol. The molecule has 2 aromatic carbocycles. The van der Waals surface area contributed by atoms with Crippen LogP contribution in [0.5, 0.6) is 11.5 Å². The zero-order valence-electron chi connectivity index (χ0n) is 14.5. The fourth-order valence-electron chi connectivity index (χ4n) is 3.26. The molecule has 0 fully saturated rings. The highest BCUT2D eigenvalue weighted by molar-refractivity contribution is 6.00. The summed E-state index contributed by atoms with van der Waals surface area (Å²) in [6.07, 6.45) is -4.20. The van der Waals surface area contributed by atoms with Crippen LogP contribution in [0.15, 0.2) is 36.4 Å².